The Bertz CT molecular complexity index is 406. The van der Waals surface area contributed by atoms with Crippen molar-refractivity contribution >= 4 is 5.78 Å². The van der Waals surface area contributed by atoms with Crippen molar-refractivity contribution < 1.29 is 9.53 Å². The Kier molecular flexibility index (Phi) is 3.25. The second-order valence-electron chi connectivity index (χ2n) is 3.78. The number of nitrogens with one attached hydrogen (secondary N) is 1. The van der Waals surface area contributed by atoms with E-state index in [0.717, 1.165) is 36.3 Å². The van der Waals surface area contributed by atoms with Crippen LogP contribution in [0, 0.1) is 0 Å². The number of hydrogen-bond acceptors (Lipinski definition) is 3. The Hall–Kier alpha value is -1.77. The van der Waals surface area contributed by atoms with Crippen molar-refractivity contribution in [3.05, 3.63) is 41.6 Å². The van der Waals surface area contributed by atoms with Crippen LogP contribution in [0.4, 0.5) is 0 Å². The van der Waals surface area contributed by atoms with E-state index < -0.39 is 0 Å². The molecular weight excluding hydrogens is 202 g/mol. The average molecular weight is 217 g/mol. The van der Waals surface area contributed by atoms with E-state index in [-0.39, 0.29) is 5.78 Å². The van der Waals surface area contributed by atoms with Gasteiger partial charge >= 0.3 is 0 Å². The quantitative estimate of drug-likeness (QED) is 0.788. The van der Waals surface area contributed by atoms with E-state index >= 15 is 0 Å². The summed E-state index contributed by atoms with van der Waals surface area (Å²) in [5, 5.41) is 3.10. The molecule has 0 fully saturated rings. The molecule has 0 saturated carbocycles. The topological polar surface area (TPSA) is 38.3 Å². The third-order valence-corrected chi connectivity index (χ3v) is 2.69. The highest BCUT2D eigenvalue weighted by Crippen LogP contribution is 2.17. The number of allylic oxidation sites excluding steroid dienone is 1. The van der Waals surface area contributed by atoms with Crippen molar-refractivity contribution in [2.24, 2.45) is 0 Å². The molecule has 0 amide bonds. The minimum absolute atomic E-state index is 0.106. The highest BCUT2D eigenvalue weighted by atomic mass is 16.5. The Morgan fingerprint density at radius 3 is 2.62 bits per heavy atom. The molecule has 84 valence electrons. The molecule has 0 bridgehead atoms. The van der Waals surface area contributed by atoms with Crippen LogP contribution in [0.3, 0.4) is 0 Å². The van der Waals surface area contributed by atoms with Gasteiger partial charge in [-0.1, -0.05) is 0 Å². The monoisotopic (exact) mass is 217 g/mol. The van der Waals surface area contributed by atoms with Crippen LogP contribution in [0.1, 0.15) is 23.2 Å². The molecule has 1 aromatic rings. The number of hydrogen-bond donors (Lipinski definition) is 1. The normalized spacial score (nSPS) is 14.9. The minimum Gasteiger partial charge on any atom is -0.497 e. The minimum atomic E-state index is 0.106. The van der Waals surface area contributed by atoms with E-state index in [2.05, 4.69) is 5.32 Å². The fraction of sp³-hybridized carbons (Fsp3) is 0.308. The van der Waals surface area contributed by atoms with Crippen molar-refractivity contribution in [2.45, 2.75) is 12.8 Å². The smallest absolute Gasteiger partial charge is 0.190 e. The lowest BCUT2D eigenvalue weighted by Gasteiger charge is -2.13. The van der Waals surface area contributed by atoms with Gasteiger partial charge in [-0.25, -0.2) is 0 Å². The maximum atomic E-state index is 12.1. The van der Waals surface area contributed by atoms with Crippen LogP contribution >= 0.6 is 0 Å². The largest absolute Gasteiger partial charge is 0.497 e. The zero-order valence-electron chi connectivity index (χ0n) is 9.32. The molecule has 1 aromatic carbocycles. The molecule has 3 heteroatoms. The molecule has 0 spiro atoms. The second-order valence-corrected chi connectivity index (χ2v) is 3.78. The van der Waals surface area contributed by atoms with E-state index in [9.17, 15) is 4.79 Å². The summed E-state index contributed by atoms with van der Waals surface area (Å²) in [6, 6.07) is 7.22. The average Bonchev–Trinajstić information content (AvgIpc) is 2.39. The predicted octanol–water partition coefficient (Wildman–Crippen LogP) is 2.15. The number of rotatable bonds is 3. The fourth-order valence-corrected chi connectivity index (χ4v) is 1.76. The summed E-state index contributed by atoms with van der Waals surface area (Å²) < 4.78 is 5.06. The van der Waals surface area contributed by atoms with Crippen molar-refractivity contribution in [1.82, 2.24) is 5.32 Å². The van der Waals surface area contributed by atoms with Crippen LogP contribution in [-0.2, 0) is 0 Å². The van der Waals surface area contributed by atoms with Gasteiger partial charge in [0.15, 0.2) is 5.78 Å². The van der Waals surface area contributed by atoms with Crippen molar-refractivity contribution in [3.8, 4) is 5.75 Å². The molecule has 1 aliphatic heterocycles. The van der Waals surface area contributed by atoms with Crippen molar-refractivity contribution in [1.29, 1.82) is 0 Å². The number of carbonyl (C=O) groups is 1. The molecule has 0 radical (unpaired) electrons. The van der Waals surface area contributed by atoms with E-state index in [0.29, 0.717) is 0 Å². The van der Waals surface area contributed by atoms with Crippen LogP contribution < -0.4 is 10.1 Å². The highest BCUT2D eigenvalue weighted by Gasteiger charge is 2.14. The van der Waals surface area contributed by atoms with Gasteiger partial charge < -0.3 is 10.1 Å². The van der Waals surface area contributed by atoms with Gasteiger partial charge in [0.2, 0.25) is 0 Å². The molecule has 1 N–H and O–H groups in total. The summed E-state index contributed by atoms with van der Waals surface area (Å²) in [6.07, 6.45) is 3.71. The molecule has 0 saturated heterocycles. The van der Waals surface area contributed by atoms with Crippen LogP contribution in [0.15, 0.2) is 36.0 Å². The van der Waals surface area contributed by atoms with Crippen molar-refractivity contribution in [3.63, 3.8) is 0 Å². The molecule has 0 aromatic heterocycles. The summed E-state index contributed by atoms with van der Waals surface area (Å²) in [7, 11) is 1.62. The maximum Gasteiger partial charge on any atom is 0.190 e. The molecule has 1 aliphatic rings. The lowest BCUT2D eigenvalue weighted by atomic mass is 9.99. The molecular formula is C13H15NO2. The maximum absolute atomic E-state index is 12.1. The summed E-state index contributed by atoms with van der Waals surface area (Å²) in [5.41, 5.74) is 1.58. The molecule has 0 unspecified atom stereocenters. The third kappa shape index (κ3) is 2.24. The number of ketones is 1. The second kappa shape index (κ2) is 4.84. The van der Waals surface area contributed by atoms with Gasteiger partial charge in [-0.15, -0.1) is 0 Å². The summed E-state index contributed by atoms with van der Waals surface area (Å²) in [5.74, 6) is 0.877. The lowest BCUT2D eigenvalue weighted by Crippen LogP contribution is -2.18. The summed E-state index contributed by atoms with van der Waals surface area (Å²) in [4.78, 5) is 12.1. The fourth-order valence-electron chi connectivity index (χ4n) is 1.76. The van der Waals surface area contributed by atoms with Crippen LogP contribution in [-0.4, -0.2) is 19.4 Å². The van der Waals surface area contributed by atoms with Gasteiger partial charge in [-0.2, -0.15) is 0 Å². The first-order valence-electron chi connectivity index (χ1n) is 5.42. The van der Waals surface area contributed by atoms with Gasteiger partial charge in [-0.05, 0) is 37.1 Å². The third-order valence-electron chi connectivity index (χ3n) is 2.69. The molecule has 2 rings (SSSR count). The SMILES string of the molecule is COc1ccc(C(=O)C2=CNCCC2)cc1. The van der Waals surface area contributed by atoms with E-state index in [1.54, 1.807) is 19.2 Å². The van der Waals surface area contributed by atoms with Gasteiger partial charge in [0.25, 0.3) is 0 Å². The Labute approximate surface area is 95.1 Å². The van der Waals surface area contributed by atoms with Crippen LogP contribution in [0.25, 0.3) is 0 Å². The van der Waals surface area contributed by atoms with Crippen molar-refractivity contribution in [2.75, 3.05) is 13.7 Å². The van der Waals surface area contributed by atoms with Crippen LogP contribution in [0.5, 0.6) is 5.75 Å². The first kappa shape index (κ1) is 10.7. The standard InChI is InChI=1S/C13H15NO2/c1-16-12-6-4-10(5-7-12)13(15)11-3-2-8-14-9-11/h4-7,9,14H,2-3,8H2,1H3. The molecule has 0 aliphatic carbocycles. The predicted molar refractivity (Wildman–Crippen MR) is 62.6 cm³/mol. The molecule has 0 atom stereocenters. The zero-order valence-corrected chi connectivity index (χ0v) is 9.32. The first-order valence-corrected chi connectivity index (χ1v) is 5.42. The van der Waals surface area contributed by atoms with E-state index in [1.807, 2.05) is 18.3 Å². The number of benzene rings is 1. The number of Topliss-reactive ketones (excluding diaryl/α,β-unsaturated/α-hetero) is 1. The summed E-state index contributed by atoms with van der Waals surface area (Å²) in [6.45, 7) is 0.958. The number of ether oxygens (including phenoxy) is 1. The Morgan fingerprint density at radius 2 is 2.06 bits per heavy atom. The van der Waals surface area contributed by atoms with Crippen LogP contribution in [0.2, 0.25) is 0 Å². The Balaban J connectivity index is 2.16. The molecule has 1 heterocycles. The van der Waals surface area contributed by atoms with E-state index in [1.165, 1.54) is 0 Å². The molecule has 16 heavy (non-hydrogen) atoms. The van der Waals surface area contributed by atoms with Gasteiger partial charge in [-0.3, -0.25) is 4.79 Å². The van der Waals surface area contributed by atoms with Gasteiger partial charge in [0.1, 0.15) is 5.75 Å². The van der Waals surface area contributed by atoms with Gasteiger partial charge in [0, 0.05) is 23.9 Å². The molecule has 3 nitrogen and oxygen atoms in total. The zero-order chi connectivity index (χ0) is 11.4. The number of methoxy groups -OCH3 is 1. The Morgan fingerprint density at radius 1 is 1.31 bits per heavy atom. The van der Waals surface area contributed by atoms with Gasteiger partial charge in [0.05, 0.1) is 7.11 Å². The first-order chi connectivity index (χ1) is 7.81. The van der Waals surface area contributed by atoms with E-state index in [4.69, 9.17) is 4.74 Å². The highest BCUT2D eigenvalue weighted by molar-refractivity contribution is 6.08. The summed E-state index contributed by atoms with van der Waals surface area (Å²) >= 11 is 0. The number of carbonyl (C=O) groups excluding carboxylic acids is 1. The lowest BCUT2D eigenvalue weighted by molar-refractivity contribution is 0.102.